The SMILES string of the molecule is CC(CNC(=O)NC(CC(=O)O)C(C)(C)C)N(C)C1CC1. The summed E-state index contributed by atoms with van der Waals surface area (Å²) in [4.78, 5) is 25.1. The van der Waals surface area contributed by atoms with E-state index in [-0.39, 0.29) is 23.9 Å². The lowest BCUT2D eigenvalue weighted by Crippen LogP contribution is -2.51. The van der Waals surface area contributed by atoms with E-state index < -0.39 is 12.0 Å². The molecule has 0 radical (unpaired) electrons. The van der Waals surface area contributed by atoms with Crippen molar-refractivity contribution in [2.24, 2.45) is 5.41 Å². The van der Waals surface area contributed by atoms with Gasteiger partial charge in [-0.1, -0.05) is 20.8 Å². The van der Waals surface area contributed by atoms with Gasteiger partial charge in [0.1, 0.15) is 0 Å². The van der Waals surface area contributed by atoms with Crippen molar-refractivity contribution in [3.05, 3.63) is 0 Å². The van der Waals surface area contributed by atoms with Gasteiger partial charge in [-0.2, -0.15) is 0 Å². The van der Waals surface area contributed by atoms with E-state index in [4.69, 9.17) is 5.11 Å². The van der Waals surface area contributed by atoms with Crippen LogP contribution in [-0.4, -0.2) is 53.7 Å². The molecule has 6 nitrogen and oxygen atoms in total. The number of nitrogens with one attached hydrogen (secondary N) is 2. The highest BCUT2D eigenvalue weighted by atomic mass is 16.4. The molecule has 3 N–H and O–H groups in total. The molecule has 0 aromatic heterocycles. The van der Waals surface area contributed by atoms with E-state index in [1.165, 1.54) is 12.8 Å². The molecular weight excluding hydrogens is 270 g/mol. The lowest BCUT2D eigenvalue weighted by Gasteiger charge is -2.31. The molecule has 1 aliphatic carbocycles. The Hall–Kier alpha value is -1.30. The number of likely N-dealkylation sites (N-methyl/N-ethyl adjacent to an activating group) is 1. The largest absolute Gasteiger partial charge is 0.481 e. The Kier molecular flexibility index (Phi) is 6.01. The molecule has 0 aliphatic heterocycles. The Morgan fingerprint density at radius 1 is 1.33 bits per heavy atom. The molecule has 2 unspecified atom stereocenters. The predicted molar refractivity (Wildman–Crippen MR) is 82.3 cm³/mol. The van der Waals surface area contributed by atoms with Crippen LogP contribution in [0.3, 0.4) is 0 Å². The summed E-state index contributed by atoms with van der Waals surface area (Å²) >= 11 is 0. The van der Waals surface area contributed by atoms with Crippen molar-refractivity contribution in [1.82, 2.24) is 15.5 Å². The average molecular weight is 299 g/mol. The van der Waals surface area contributed by atoms with Crippen molar-refractivity contribution in [3.63, 3.8) is 0 Å². The zero-order chi connectivity index (χ0) is 16.2. The molecule has 1 saturated carbocycles. The van der Waals surface area contributed by atoms with Crippen LogP contribution in [0, 0.1) is 5.41 Å². The van der Waals surface area contributed by atoms with E-state index in [0.717, 1.165) is 0 Å². The van der Waals surface area contributed by atoms with Crippen LogP contribution in [0.25, 0.3) is 0 Å². The summed E-state index contributed by atoms with van der Waals surface area (Å²) in [6.07, 6.45) is 2.39. The molecule has 2 atom stereocenters. The maximum absolute atomic E-state index is 12.0. The fourth-order valence-corrected chi connectivity index (χ4v) is 2.18. The molecule has 0 saturated heterocycles. The lowest BCUT2D eigenvalue weighted by molar-refractivity contribution is -0.138. The van der Waals surface area contributed by atoms with Gasteiger partial charge in [-0.3, -0.25) is 9.69 Å². The summed E-state index contributed by atoms with van der Waals surface area (Å²) in [5.74, 6) is -0.906. The molecule has 0 aromatic carbocycles. The molecule has 6 heteroatoms. The van der Waals surface area contributed by atoms with Gasteiger partial charge in [0.15, 0.2) is 0 Å². The normalized spacial score (nSPS) is 18.2. The van der Waals surface area contributed by atoms with Gasteiger partial charge in [-0.25, -0.2) is 4.79 Å². The second kappa shape index (κ2) is 7.11. The minimum Gasteiger partial charge on any atom is -0.481 e. The number of carboxylic acid groups (broad SMARTS) is 1. The van der Waals surface area contributed by atoms with Crippen molar-refractivity contribution in [3.8, 4) is 0 Å². The van der Waals surface area contributed by atoms with Crippen molar-refractivity contribution in [2.75, 3.05) is 13.6 Å². The van der Waals surface area contributed by atoms with Crippen LogP contribution >= 0.6 is 0 Å². The number of carboxylic acids is 1. The van der Waals surface area contributed by atoms with Crippen molar-refractivity contribution in [2.45, 2.75) is 65.1 Å². The van der Waals surface area contributed by atoms with Gasteiger partial charge in [0.2, 0.25) is 0 Å². The first-order valence-electron chi connectivity index (χ1n) is 7.59. The number of carbonyl (C=O) groups is 2. The third-order valence-electron chi connectivity index (χ3n) is 4.11. The summed E-state index contributed by atoms with van der Waals surface area (Å²) < 4.78 is 0. The van der Waals surface area contributed by atoms with E-state index in [0.29, 0.717) is 12.6 Å². The van der Waals surface area contributed by atoms with E-state index >= 15 is 0 Å². The van der Waals surface area contributed by atoms with Gasteiger partial charge in [0.25, 0.3) is 0 Å². The van der Waals surface area contributed by atoms with Gasteiger partial charge in [0.05, 0.1) is 6.42 Å². The molecular formula is C15H29N3O3. The Morgan fingerprint density at radius 3 is 2.33 bits per heavy atom. The fourth-order valence-electron chi connectivity index (χ4n) is 2.18. The number of aliphatic carboxylic acids is 1. The number of urea groups is 1. The van der Waals surface area contributed by atoms with E-state index in [1.807, 2.05) is 20.8 Å². The number of carbonyl (C=O) groups excluding carboxylic acids is 1. The molecule has 0 heterocycles. The maximum atomic E-state index is 12.0. The summed E-state index contributed by atoms with van der Waals surface area (Å²) in [6.45, 7) is 8.40. The van der Waals surface area contributed by atoms with Gasteiger partial charge in [-0.15, -0.1) is 0 Å². The van der Waals surface area contributed by atoms with Crippen LogP contribution in [-0.2, 0) is 4.79 Å². The first-order valence-corrected chi connectivity index (χ1v) is 7.59. The molecule has 21 heavy (non-hydrogen) atoms. The Balaban J connectivity index is 2.40. The lowest BCUT2D eigenvalue weighted by atomic mass is 9.85. The highest BCUT2D eigenvalue weighted by Gasteiger charge is 2.30. The summed E-state index contributed by atoms with van der Waals surface area (Å²) in [5, 5.41) is 14.6. The molecule has 0 aromatic rings. The van der Waals surface area contributed by atoms with Gasteiger partial charge in [0, 0.05) is 24.7 Å². The molecule has 1 rings (SSSR count). The Labute approximate surface area is 127 Å². The molecule has 122 valence electrons. The van der Waals surface area contributed by atoms with E-state index in [2.05, 4.69) is 29.5 Å². The maximum Gasteiger partial charge on any atom is 0.315 e. The number of amides is 2. The number of nitrogens with zero attached hydrogens (tertiary/aromatic N) is 1. The Bertz CT molecular complexity index is 375. The topological polar surface area (TPSA) is 81.7 Å². The van der Waals surface area contributed by atoms with Gasteiger partial charge >= 0.3 is 12.0 Å². The molecule has 0 spiro atoms. The number of rotatable bonds is 7. The van der Waals surface area contributed by atoms with Crippen LogP contribution in [0.1, 0.15) is 47.0 Å². The molecule has 2 amide bonds. The minimum absolute atomic E-state index is 0.0749. The van der Waals surface area contributed by atoms with Crippen molar-refractivity contribution >= 4 is 12.0 Å². The smallest absolute Gasteiger partial charge is 0.315 e. The second-order valence-electron chi connectivity index (χ2n) is 7.12. The third kappa shape index (κ3) is 6.33. The number of hydrogen-bond donors (Lipinski definition) is 3. The first kappa shape index (κ1) is 17.8. The summed E-state index contributed by atoms with van der Waals surface area (Å²) in [5.41, 5.74) is -0.299. The first-order chi connectivity index (χ1) is 9.61. The second-order valence-corrected chi connectivity index (χ2v) is 7.12. The van der Waals surface area contributed by atoms with Crippen LogP contribution in [0.5, 0.6) is 0 Å². The quantitative estimate of drug-likeness (QED) is 0.668. The fraction of sp³-hybridized carbons (Fsp3) is 0.867. The van der Waals surface area contributed by atoms with E-state index in [9.17, 15) is 9.59 Å². The summed E-state index contributed by atoms with van der Waals surface area (Å²) in [7, 11) is 2.07. The monoisotopic (exact) mass is 299 g/mol. The van der Waals surface area contributed by atoms with Gasteiger partial charge in [-0.05, 0) is 32.2 Å². The van der Waals surface area contributed by atoms with Gasteiger partial charge < -0.3 is 15.7 Å². The molecule has 1 aliphatic rings. The third-order valence-corrected chi connectivity index (χ3v) is 4.11. The van der Waals surface area contributed by atoms with Crippen molar-refractivity contribution < 1.29 is 14.7 Å². The van der Waals surface area contributed by atoms with Crippen LogP contribution in [0.4, 0.5) is 4.79 Å². The van der Waals surface area contributed by atoms with Crippen LogP contribution < -0.4 is 10.6 Å². The minimum atomic E-state index is -0.906. The van der Waals surface area contributed by atoms with Crippen molar-refractivity contribution in [1.29, 1.82) is 0 Å². The van der Waals surface area contributed by atoms with Crippen LogP contribution in [0.15, 0.2) is 0 Å². The summed E-state index contributed by atoms with van der Waals surface area (Å²) in [6, 6.07) is 0.230. The predicted octanol–water partition coefficient (Wildman–Crippen LogP) is 1.66. The molecule has 1 fully saturated rings. The van der Waals surface area contributed by atoms with E-state index in [1.54, 1.807) is 0 Å². The highest BCUT2D eigenvalue weighted by molar-refractivity contribution is 5.75. The number of hydrogen-bond acceptors (Lipinski definition) is 3. The highest BCUT2D eigenvalue weighted by Crippen LogP contribution is 2.26. The Morgan fingerprint density at radius 2 is 1.90 bits per heavy atom. The average Bonchev–Trinajstić information content (AvgIpc) is 3.16. The zero-order valence-electron chi connectivity index (χ0n) is 13.8. The molecule has 0 bridgehead atoms. The zero-order valence-corrected chi connectivity index (χ0v) is 13.8. The standard InChI is InChI=1S/C15H29N3O3/c1-10(18(5)11-6-7-11)9-16-14(21)17-12(8-13(19)20)15(2,3)4/h10-12H,6-9H2,1-5H3,(H,19,20)(H2,16,17,21). The van der Waals surface area contributed by atoms with Crippen LogP contribution in [0.2, 0.25) is 0 Å².